The van der Waals surface area contributed by atoms with Crippen LogP contribution in [0, 0.1) is 5.92 Å². The fourth-order valence-corrected chi connectivity index (χ4v) is 2.40. The molecule has 0 radical (unpaired) electrons. The molecule has 1 atom stereocenters. The van der Waals surface area contributed by atoms with Crippen molar-refractivity contribution in [3.8, 4) is 0 Å². The zero-order valence-electron chi connectivity index (χ0n) is 11.1. The molecule has 1 heterocycles. The van der Waals surface area contributed by atoms with Crippen LogP contribution in [-0.4, -0.2) is 53.8 Å². The van der Waals surface area contributed by atoms with E-state index in [0.717, 1.165) is 25.7 Å². The standard InChI is InChI=1S/C13H23N3O2/c1-2-3-11(14)13(18)16-8-6-15(7-9-16)12(17)10-4-5-10/h10-11H,2-9,14H2,1H3. The number of carbonyl (C=O) groups is 2. The van der Waals surface area contributed by atoms with E-state index in [1.807, 2.05) is 11.8 Å². The molecule has 5 nitrogen and oxygen atoms in total. The molecule has 0 bridgehead atoms. The van der Waals surface area contributed by atoms with Gasteiger partial charge in [-0.3, -0.25) is 9.59 Å². The van der Waals surface area contributed by atoms with Crippen LogP contribution >= 0.6 is 0 Å². The Morgan fingerprint density at radius 2 is 1.72 bits per heavy atom. The molecule has 1 saturated carbocycles. The molecule has 2 amide bonds. The molecular formula is C13H23N3O2. The first-order valence-electron chi connectivity index (χ1n) is 6.96. The maximum Gasteiger partial charge on any atom is 0.239 e. The summed E-state index contributed by atoms with van der Waals surface area (Å²) in [5, 5.41) is 0. The van der Waals surface area contributed by atoms with Gasteiger partial charge in [0.15, 0.2) is 0 Å². The molecule has 0 aromatic heterocycles. The van der Waals surface area contributed by atoms with Crippen molar-refractivity contribution in [3.05, 3.63) is 0 Å². The lowest BCUT2D eigenvalue weighted by molar-refractivity contribution is -0.141. The van der Waals surface area contributed by atoms with Crippen molar-refractivity contribution in [3.63, 3.8) is 0 Å². The van der Waals surface area contributed by atoms with Crippen LogP contribution in [-0.2, 0) is 9.59 Å². The lowest BCUT2D eigenvalue weighted by atomic mass is 10.1. The van der Waals surface area contributed by atoms with Crippen LogP contribution in [0.3, 0.4) is 0 Å². The number of amides is 2. The molecule has 5 heteroatoms. The van der Waals surface area contributed by atoms with Gasteiger partial charge in [0.1, 0.15) is 0 Å². The van der Waals surface area contributed by atoms with Crippen LogP contribution in [0.2, 0.25) is 0 Å². The van der Waals surface area contributed by atoms with Gasteiger partial charge < -0.3 is 15.5 Å². The van der Waals surface area contributed by atoms with Gasteiger partial charge in [0.2, 0.25) is 11.8 Å². The van der Waals surface area contributed by atoms with Crippen molar-refractivity contribution < 1.29 is 9.59 Å². The highest BCUT2D eigenvalue weighted by Crippen LogP contribution is 2.31. The number of hydrogen-bond acceptors (Lipinski definition) is 3. The summed E-state index contributed by atoms with van der Waals surface area (Å²) in [5.74, 6) is 0.588. The van der Waals surface area contributed by atoms with E-state index in [1.54, 1.807) is 4.90 Å². The molecular weight excluding hydrogens is 230 g/mol. The zero-order chi connectivity index (χ0) is 13.1. The molecule has 2 rings (SSSR count). The average molecular weight is 253 g/mol. The highest BCUT2D eigenvalue weighted by molar-refractivity contribution is 5.83. The first-order chi connectivity index (χ1) is 8.63. The van der Waals surface area contributed by atoms with Gasteiger partial charge in [-0.25, -0.2) is 0 Å². The second kappa shape index (κ2) is 5.69. The maximum absolute atomic E-state index is 12.0. The number of carbonyl (C=O) groups excluding carboxylic acids is 2. The third-order valence-corrected chi connectivity index (χ3v) is 3.75. The largest absolute Gasteiger partial charge is 0.339 e. The molecule has 1 saturated heterocycles. The number of hydrogen-bond donors (Lipinski definition) is 1. The highest BCUT2D eigenvalue weighted by Gasteiger charge is 2.35. The SMILES string of the molecule is CCCC(N)C(=O)N1CCN(C(=O)C2CC2)CC1. The summed E-state index contributed by atoms with van der Waals surface area (Å²) in [6.07, 6.45) is 3.74. The lowest BCUT2D eigenvalue weighted by Crippen LogP contribution is -2.54. The van der Waals surface area contributed by atoms with Gasteiger partial charge in [-0.05, 0) is 19.3 Å². The minimum Gasteiger partial charge on any atom is -0.339 e. The summed E-state index contributed by atoms with van der Waals surface area (Å²) >= 11 is 0. The van der Waals surface area contributed by atoms with E-state index >= 15 is 0 Å². The van der Waals surface area contributed by atoms with E-state index in [-0.39, 0.29) is 23.8 Å². The van der Waals surface area contributed by atoms with Crippen LogP contribution in [0.5, 0.6) is 0 Å². The van der Waals surface area contributed by atoms with Crippen molar-refractivity contribution >= 4 is 11.8 Å². The van der Waals surface area contributed by atoms with E-state index in [2.05, 4.69) is 0 Å². The minimum atomic E-state index is -0.374. The summed E-state index contributed by atoms with van der Waals surface area (Å²) in [7, 11) is 0. The normalized spacial score (nSPS) is 21.9. The Morgan fingerprint density at radius 3 is 2.22 bits per heavy atom. The monoisotopic (exact) mass is 253 g/mol. The summed E-state index contributed by atoms with van der Waals surface area (Å²) in [5.41, 5.74) is 5.84. The molecule has 2 aliphatic rings. The summed E-state index contributed by atoms with van der Waals surface area (Å²) < 4.78 is 0. The number of nitrogens with two attached hydrogens (primary N) is 1. The van der Waals surface area contributed by atoms with Crippen molar-refractivity contribution in [1.82, 2.24) is 9.80 Å². The molecule has 0 spiro atoms. The highest BCUT2D eigenvalue weighted by atomic mass is 16.2. The van der Waals surface area contributed by atoms with Gasteiger partial charge in [0, 0.05) is 32.1 Å². The van der Waals surface area contributed by atoms with Crippen LogP contribution < -0.4 is 5.73 Å². The third kappa shape index (κ3) is 3.02. The molecule has 0 aromatic carbocycles. The molecule has 18 heavy (non-hydrogen) atoms. The quantitative estimate of drug-likeness (QED) is 0.778. The van der Waals surface area contributed by atoms with E-state index in [4.69, 9.17) is 5.73 Å². The summed E-state index contributed by atoms with van der Waals surface area (Å²) in [6.45, 7) is 4.63. The third-order valence-electron chi connectivity index (χ3n) is 3.75. The molecule has 102 valence electrons. The Labute approximate surface area is 108 Å². The van der Waals surface area contributed by atoms with Crippen molar-refractivity contribution in [2.75, 3.05) is 26.2 Å². The maximum atomic E-state index is 12.0. The van der Waals surface area contributed by atoms with Gasteiger partial charge in [-0.1, -0.05) is 13.3 Å². The van der Waals surface area contributed by atoms with Crippen LogP contribution in [0.4, 0.5) is 0 Å². The Balaban J connectivity index is 1.78. The topological polar surface area (TPSA) is 66.6 Å². The van der Waals surface area contributed by atoms with E-state index in [1.165, 1.54) is 0 Å². The van der Waals surface area contributed by atoms with Gasteiger partial charge in [0.25, 0.3) is 0 Å². The van der Waals surface area contributed by atoms with E-state index in [9.17, 15) is 9.59 Å². The predicted octanol–water partition coefficient (Wildman–Crippen LogP) is 0.195. The molecule has 2 fully saturated rings. The second-order valence-corrected chi connectivity index (χ2v) is 5.32. The Hall–Kier alpha value is -1.10. The minimum absolute atomic E-state index is 0.0374. The van der Waals surface area contributed by atoms with Crippen molar-refractivity contribution in [1.29, 1.82) is 0 Å². The smallest absolute Gasteiger partial charge is 0.239 e. The first-order valence-corrected chi connectivity index (χ1v) is 6.96. The van der Waals surface area contributed by atoms with Gasteiger partial charge >= 0.3 is 0 Å². The van der Waals surface area contributed by atoms with E-state index < -0.39 is 0 Å². The molecule has 1 unspecified atom stereocenters. The molecule has 1 aliphatic carbocycles. The van der Waals surface area contributed by atoms with Gasteiger partial charge in [-0.15, -0.1) is 0 Å². The molecule has 2 N–H and O–H groups in total. The number of piperazine rings is 1. The van der Waals surface area contributed by atoms with Crippen LogP contribution in [0.25, 0.3) is 0 Å². The fraction of sp³-hybridized carbons (Fsp3) is 0.846. The second-order valence-electron chi connectivity index (χ2n) is 5.32. The average Bonchev–Trinajstić information content (AvgIpc) is 3.22. The Kier molecular flexibility index (Phi) is 4.22. The number of nitrogens with zero attached hydrogens (tertiary/aromatic N) is 2. The van der Waals surface area contributed by atoms with Gasteiger partial charge in [-0.2, -0.15) is 0 Å². The number of rotatable bonds is 4. The van der Waals surface area contributed by atoms with Crippen molar-refractivity contribution in [2.24, 2.45) is 11.7 Å². The van der Waals surface area contributed by atoms with Crippen LogP contribution in [0.1, 0.15) is 32.6 Å². The van der Waals surface area contributed by atoms with Crippen molar-refractivity contribution in [2.45, 2.75) is 38.6 Å². The predicted molar refractivity (Wildman–Crippen MR) is 68.8 cm³/mol. The van der Waals surface area contributed by atoms with Crippen LogP contribution in [0.15, 0.2) is 0 Å². The lowest BCUT2D eigenvalue weighted by Gasteiger charge is -2.36. The summed E-state index contributed by atoms with van der Waals surface area (Å²) in [4.78, 5) is 27.6. The molecule has 1 aliphatic heterocycles. The fourth-order valence-electron chi connectivity index (χ4n) is 2.40. The first kappa shape index (κ1) is 13.3. The molecule has 0 aromatic rings. The summed E-state index contributed by atoms with van der Waals surface area (Å²) in [6, 6.07) is -0.374. The van der Waals surface area contributed by atoms with Gasteiger partial charge in [0.05, 0.1) is 6.04 Å². The Morgan fingerprint density at radius 1 is 1.17 bits per heavy atom. The Bertz CT molecular complexity index is 320. The van der Waals surface area contributed by atoms with E-state index in [0.29, 0.717) is 26.2 Å². The zero-order valence-corrected chi connectivity index (χ0v) is 11.1.